The second-order valence-electron chi connectivity index (χ2n) is 3.78. The van der Waals surface area contributed by atoms with Gasteiger partial charge in [0.2, 0.25) is 0 Å². The SMILES string of the molecule is N#Cc1c(C#N)c(OS(=O)O)c2ccccc2c1OS(=O)O. The topological polar surface area (TPSA) is 141 Å². The van der Waals surface area contributed by atoms with E-state index in [-0.39, 0.29) is 33.4 Å². The molecule has 2 N–H and O–H groups in total. The lowest BCUT2D eigenvalue weighted by molar-refractivity contribution is 0.453. The average molecular weight is 338 g/mol. The van der Waals surface area contributed by atoms with E-state index in [0.29, 0.717) is 0 Å². The van der Waals surface area contributed by atoms with Crippen molar-refractivity contribution in [2.75, 3.05) is 0 Å². The molecule has 0 heterocycles. The van der Waals surface area contributed by atoms with Crippen LogP contribution in [0.5, 0.6) is 11.5 Å². The second kappa shape index (κ2) is 6.51. The van der Waals surface area contributed by atoms with Crippen LogP contribution in [0.15, 0.2) is 24.3 Å². The Morgan fingerprint density at radius 3 is 1.50 bits per heavy atom. The summed E-state index contributed by atoms with van der Waals surface area (Å²) in [5, 5.41) is 18.8. The van der Waals surface area contributed by atoms with Crippen molar-refractivity contribution in [2.24, 2.45) is 0 Å². The van der Waals surface area contributed by atoms with Crippen molar-refractivity contribution in [3.05, 3.63) is 35.4 Å². The standard InChI is InChI=1S/C12H6N2O6S2/c13-5-9-10(6-14)12(20-22(17)18)8-4-2-1-3-7(8)11(9)19-21(15)16/h1-4H,(H,15,16)(H,17,18). The van der Waals surface area contributed by atoms with Crippen LogP contribution in [0.1, 0.15) is 11.1 Å². The molecule has 0 bridgehead atoms. The third kappa shape index (κ3) is 2.90. The van der Waals surface area contributed by atoms with Crippen molar-refractivity contribution in [1.82, 2.24) is 0 Å². The maximum atomic E-state index is 10.9. The van der Waals surface area contributed by atoms with E-state index in [1.807, 2.05) is 0 Å². The predicted octanol–water partition coefficient (Wildman–Crippen LogP) is 1.61. The number of hydrogen-bond acceptors (Lipinski definition) is 6. The monoisotopic (exact) mass is 338 g/mol. The fourth-order valence-electron chi connectivity index (χ4n) is 1.90. The van der Waals surface area contributed by atoms with E-state index in [1.54, 1.807) is 24.3 Å². The molecular weight excluding hydrogens is 332 g/mol. The lowest BCUT2D eigenvalue weighted by Crippen LogP contribution is -2.06. The predicted molar refractivity (Wildman–Crippen MR) is 76.2 cm³/mol. The minimum atomic E-state index is -2.72. The molecule has 0 aliphatic rings. The van der Waals surface area contributed by atoms with Crippen LogP contribution in [-0.2, 0) is 22.7 Å². The Kier molecular flexibility index (Phi) is 4.70. The van der Waals surface area contributed by atoms with Crippen molar-refractivity contribution < 1.29 is 25.9 Å². The first-order chi connectivity index (χ1) is 10.5. The molecule has 10 heteroatoms. The van der Waals surface area contributed by atoms with Gasteiger partial charge in [-0.2, -0.15) is 18.9 Å². The van der Waals surface area contributed by atoms with Crippen molar-refractivity contribution in [2.45, 2.75) is 0 Å². The average Bonchev–Trinajstić information content (AvgIpc) is 2.48. The van der Waals surface area contributed by atoms with Crippen LogP contribution in [0.4, 0.5) is 0 Å². The highest BCUT2D eigenvalue weighted by atomic mass is 32.2. The third-order valence-electron chi connectivity index (χ3n) is 2.65. The minimum Gasteiger partial charge on any atom is -0.378 e. The van der Waals surface area contributed by atoms with E-state index in [4.69, 9.17) is 17.5 Å². The van der Waals surface area contributed by atoms with Crippen molar-refractivity contribution >= 4 is 33.5 Å². The number of hydrogen-bond donors (Lipinski definition) is 2. The molecule has 2 aromatic carbocycles. The van der Waals surface area contributed by atoms with Crippen molar-refractivity contribution in [1.29, 1.82) is 10.5 Å². The molecule has 0 spiro atoms. The van der Waals surface area contributed by atoms with E-state index in [0.717, 1.165) is 0 Å². The van der Waals surface area contributed by atoms with Gasteiger partial charge < -0.3 is 8.37 Å². The van der Waals surface area contributed by atoms with E-state index in [1.165, 1.54) is 12.1 Å². The Bertz CT molecular complexity index is 811. The first-order valence-corrected chi connectivity index (χ1v) is 7.53. The van der Waals surface area contributed by atoms with Crippen molar-refractivity contribution in [3.63, 3.8) is 0 Å². The quantitative estimate of drug-likeness (QED) is 0.801. The summed E-state index contributed by atoms with van der Waals surface area (Å²) in [5.74, 6) is -0.571. The summed E-state index contributed by atoms with van der Waals surface area (Å²) in [5.41, 5.74) is -0.742. The zero-order valence-electron chi connectivity index (χ0n) is 10.5. The zero-order chi connectivity index (χ0) is 16.3. The molecule has 8 nitrogen and oxygen atoms in total. The molecule has 0 aliphatic heterocycles. The molecular formula is C12H6N2O6S2. The van der Waals surface area contributed by atoms with Gasteiger partial charge in [0, 0.05) is 10.8 Å². The summed E-state index contributed by atoms with van der Waals surface area (Å²) in [6.07, 6.45) is 0. The highest BCUT2D eigenvalue weighted by Gasteiger charge is 2.24. The molecule has 2 rings (SSSR count). The van der Waals surface area contributed by atoms with Gasteiger partial charge in [0.15, 0.2) is 11.5 Å². The van der Waals surface area contributed by atoms with Gasteiger partial charge in [-0.05, 0) is 0 Å². The van der Waals surface area contributed by atoms with Gasteiger partial charge >= 0.3 is 22.7 Å². The Balaban J connectivity index is 2.97. The largest absolute Gasteiger partial charge is 0.378 e. The maximum Gasteiger partial charge on any atom is 0.357 e. The number of nitriles is 2. The number of benzene rings is 2. The Labute approximate surface area is 129 Å². The van der Waals surface area contributed by atoms with Crippen LogP contribution < -0.4 is 8.37 Å². The highest BCUT2D eigenvalue weighted by Crippen LogP contribution is 2.40. The molecule has 0 saturated carbocycles. The summed E-state index contributed by atoms with van der Waals surface area (Å²) in [4.78, 5) is 0. The number of fused-ring (bicyclic) bond motifs is 1. The molecule has 2 aromatic rings. The lowest BCUT2D eigenvalue weighted by Gasteiger charge is -2.13. The van der Waals surface area contributed by atoms with Crippen LogP contribution in [0.3, 0.4) is 0 Å². The molecule has 2 atom stereocenters. The Hall–Kier alpha value is -2.50. The number of nitrogens with zero attached hydrogens (tertiary/aromatic N) is 2. The summed E-state index contributed by atoms with van der Waals surface area (Å²) >= 11 is -5.45. The van der Waals surface area contributed by atoms with Crippen LogP contribution in [0, 0.1) is 22.7 Å². The number of rotatable bonds is 4. The zero-order valence-corrected chi connectivity index (χ0v) is 12.2. The molecule has 0 fully saturated rings. The molecule has 0 amide bonds. The van der Waals surface area contributed by atoms with Gasteiger partial charge in [-0.3, -0.25) is 9.11 Å². The van der Waals surface area contributed by atoms with Gasteiger partial charge in [-0.15, -0.1) is 0 Å². The summed E-state index contributed by atoms with van der Waals surface area (Å²) < 4.78 is 49.1. The smallest absolute Gasteiger partial charge is 0.357 e. The van der Waals surface area contributed by atoms with E-state index >= 15 is 0 Å². The second-order valence-corrected chi connectivity index (χ2v) is 4.98. The Morgan fingerprint density at radius 2 is 1.23 bits per heavy atom. The Morgan fingerprint density at radius 1 is 0.864 bits per heavy atom. The van der Waals surface area contributed by atoms with Crippen molar-refractivity contribution in [3.8, 4) is 23.6 Å². The van der Waals surface area contributed by atoms with E-state index in [9.17, 15) is 18.9 Å². The summed E-state index contributed by atoms with van der Waals surface area (Å²) in [6, 6.07) is 9.36. The summed E-state index contributed by atoms with van der Waals surface area (Å²) in [7, 11) is 0. The van der Waals surface area contributed by atoms with E-state index in [2.05, 4.69) is 0 Å². The fourth-order valence-corrected chi connectivity index (χ4v) is 2.54. The fraction of sp³-hybridized carbons (Fsp3) is 0. The maximum absolute atomic E-state index is 10.9. The van der Waals surface area contributed by atoms with Gasteiger partial charge in [0.1, 0.15) is 23.3 Å². The van der Waals surface area contributed by atoms with Crippen LogP contribution in [0.2, 0.25) is 0 Å². The molecule has 0 aromatic heterocycles. The van der Waals surface area contributed by atoms with Crippen LogP contribution >= 0.6 is 0 Å². The van der Waals surface area contributed by atoms with Gasteiger partial charge in [-0.25, -0.2) is 0 Å². The molecule has 0 aliphatic carbocycles. The minimum absolute atomic E-state index is 0.181. The van der Waals surface area contributed by atoms with Gasteiger partial charge in [-0.1, -0.05) is 24.3 Å². The third-order valence-corrected chi connectivity index (χ3v) is 3.27. The summed E-state index contributed by atoms with van der Waals surface area (Å²) in [6.45, 7) is 0. The van der Waals surface area contributed by atoms with E-state index < -0.39 is 22.7 Å². The molecule has 0 saturated heterocycles. The van der Waals surface area contributed by atoms with Crippen LogP contribution in [0.25, 0.3) is 10.8 Å². The highest BCUT2D eigenvalue weighted by molar-refractivity contribution is 7.74. The molecule has 2 unspecified atom stereocenters. The normalized spacial score (nSPS) is 12.9. The van der Waals surface area contributed by atoms with Gasteiger partial charge in [0.25, 0.3) is 0 Å². The first kappa shape index (κ1) is 15.9. The van der Waals surface area contributed by atoms with Crippen LogP contribution in [-0.4, -0.2) is 17.5 Å². The van der Waals surface area contributed by atoms with Gasteiger partial charge in [0.05, 0.1) is 0 Å². The molecule has 0 radical (unpaired) electrons. The first-order valence-electron chi connectivity index (χ1n) is 5.46. The molecule has 112 valence electrons. The molecule has 22 heavy (non-hydrogen) atoms. The lowest BCUT2D eigenvalue weighted by atomic mass is 9.99.